The van der Waals surface area contributed by atoms with E-state index >= 15 is 0 Å². The zero-order valence-corrected chi connectivity index (χ0v) is 15.3. The van der Waals surface area contributed by atoms with Gasteiger partial charge in [0.05, 0.1) is 5.70 Å². The number of amidine groups is 1. The number of nitrogens with one attached hydrogen (secondary N) is 1. The maximum Gasteiger partial charge on any atom is 0.278 e. The zero-order chi connectivity index (χ0) is 19.0. The highest BCUT2D eigenvalue weighted by Gasteiger charge is 2.29. The van der Waals surface area contributed by atoms with Gasteiger partial charge >= 0.3 is 0 Å². The Labute approximate surface area is 149 Å². The number of aliphatic imine (C=N–C) groups is 1. The van der Waals surface area contributed by atoms with Crippen molar-refractivity contribution in [1.29, 1.82) is 0 Å². The van der Waals surface area contributed by atoms with E-state index in [2.05, 4.69) is 28.5 Å². The summed E-state index contributed by atoms with van der Waals surface area (Å²) in [5.41, 5.74) is 4.47. The molecule has 0 spiro atoms. The summed E-state index contributed by atoms with van der Waals surface area (Å²) in [5.74, 6) is -0.225. The monoisotopic (exact) mass is 342 g/mol. The number of amides is 1. The summed E-state index contributed by atoms with van der Waals surface area (Å²) in [4.78, 5) is 20.4. The fourth-order valence-corrected chi connectivity index (χ4v) is 2.43. The number of allylic oxidation sites excluding steroid dienone is 1. The molecule has 0 radical (unpaired) electrons. The smallest absolute Gasteiger partial charge is 0.278 e. The SMILES string of the molecule is C=C.CCN=C1C(=C(C)C)C(NCc2cncc(C)c2)=CC(=O)N1O. The Morgan fingerprint density at radius 1 is 1.36 bits per heavy atom. The van der Waals surface area contributed by atoms with E-state index in [-0.39, 0.29) is 5.84 Å². The Bertz CT molecular complexity index is 716. The average molecular weight is 342 g/mol. The molecule has 6 nitrogen and oxygen atoms in total. The maximum atomic E-state index is 12.0. The van der Waals surface area contributed by atoms with Crippen molar-refractivity contribution in [3.63, 3.8) is 0 Å². The van der Waals surface area contributed by atoms with Crippen molar-refractivity contribution in [3.05, 3.63) is 65.7 Å². The first-order valence-corrected chi connectivity index (χ1v) is 8.05. The maximum absolute atomic E-state index is 12.0. The van der Waals surface area contributed by atoms with Crippen LogP contribution in [0.25, 0.3) is 0 Å². The van der Waals surface area contributed by atoms with Gasteiger partial charge in [0.2, 0.25) is 0 Å². The normalized spacial score (nSPS) is 15.5. The number of carbonyl (C=O) groups excluding carboxylic acids is 1. The quantitative estimate of drug-likeness (QED) is 0.651. The van der Waals surface area contributed by atoms with Gasteiger partial charge in [-0.2, -0.15) is 5.06 Å². The molecule has 0 bridgehead atoms. The molecule has 1 aliphatic rings. The molecule has 25 heavy (non-hydrogen) atoms. The van der Waals surface area contributed by atoms with Gasteiger partial charge in [-0.15, -0.1) is 13.2 Å². The molecule has 2 N–H and O–H groups in total. The van der Waals surface area contributed by atoms with Gasteiger partial charge in [-0.25, -0.2) is 0 Å². The molecule has 2 rings (SSSR count). The predicted molar refractivity (Wildman–Crippen MR) is 100 cm³/mol. The van der Waals surface area contributed by atoms with E-state index in [0.29, 0.717) is 23.8 Å². The van der Waals surface area contributed by atoms with Crippen LogP contribution in [-0.4, -0.2) is 33.5 Å². The van der Waals surface area contributed by atoms with E-state index in [1.54, 1.807) is 12.4 Å². The lowest BCUT2D eigenvalue weighted by Gasteiger charge is -2.27. The van der Waals surface area contributed by atoms with Gasteiger partial charge in [-0.3, -0.25) is 20.0 Å². The number of rotatable bonds is 4. The average Bonchev–Trinajstić information content (AvgIpc) is 2.59. The molecule has 6 heteroatoms. The summed E-state index contributed by atoms with van der Waals surface area (Å²) in [6.45, 7) is 14.7. The van der Waals surface area contributed by atoms with Crippen LogP contribution in [0.4, 0.5) is 0 Å². The number of hydrogen-bond donors (Lipinski definition) is 2. The van der Waals surface area contributed by atoms with E-state index in [1.165, 1.54) is 6.08 Å². The van der Waals surface area contributed by atoms with Crippen molar-refractivity contribution < 1.29 is 10.0 Å². The third-order valence-electron chi connectivity index (χ3n) is 3.39. The van der Waals surface area contributed by atoms with E-state index in [4.69, 9.17) is 0 Å². The Kier molecular flexibility index (Phi) is 7.75. The summed E-state index contributed by atoms with van der Waals surface area (Å²) in [5, 5.41) is 13.8. The van der Waals surface area contributed by atoms with Crippen LogP contribution >= 0.6 is 0 Å². The molecule has 0 saturated heterocycles. The summed E-state index contributed by atoms with van der Waals surface area (Å²) < 4.78 is 0. The van der Waals surface area contributed by atoms with E-state index in [0.717, 1.165) is 22.3 Å². The minimum atomic E-state index is -0.507. The van der Waals surface area contributed by atoms with Crippen LogP contribution in [0, 0.1) is 6.92 Å². The minimum Gasteiger partial charge on any atom is -0.380 e. The molecule has 1 amide bonds. The van der Waals surface area contributed by atoms with Gasteiger partial charge in [0.1, 0.15) is 0 Å². The Morgan fingerprint density at radius 2 is 2.04 bits per heavy atom. The van der Waals surface area contributed by atoms with Crippen LogP contribution in [0.1, 0.15) is 31.9 Å². The predicted octanol–water partition coefficient (Wildman–Crippen LogP) is 3.15. The lowest BCUT2D eigenvalue weighted by atomic mass is 10.0. The summed E-state index contributed by atoms with van der Waals surface area (Å²) in [6.07, 6.45) is 4.97. The number of hydrogen-bond acceptors (Lipinski definition) is 5. The van der Waals surface area contributed by atoms with Crippen LogP contribution < -0.4 is 5.32 Å². The van der Waals surface area contributed by atoms with Crippen molar-refractivity contribution in [2.24, 2.45) is 4.99 Å². The second-order valence-electron chi connectivity index (χ2n) is 5.61. The molecule has 0 aliphatic carbocycles. The van der Waals surface area contributed by atoms with E-state index in [9.17, 15) is 10.0 Å². The van der Waals surface area contributed by atoms with Crippen molar-refractivity contribution >= 4 is 11.7 Å². The van der Waals surface area contributed by atoms with Gasteiger partial charge in [-0.05, 0) is 38.8 Å². The lowest BCUT2D eigenvalue weighted by molar-refractivity contribution is -0.143. The topological polar surface area (TPSA) is 77.8 Å². The first kappa shape index (κ1) is 20.3. The molecule has 1 aliphatic heterocycles. The third kappa shape index (κ3) is 5.12. The van der Waals surface area contributed by atoms with E-state index < -0.39 is 5.91 Å². The third-order valence-corrected chi connectivity index (χ3v) is 3.39. The number of hydroxylamine groups is 2. The standard InChI is InChI=1S/C17H22N4O2.C2H4/c1-5-19-17-16(11(2)3)14(7-15(22)21(17)23)20-10-13-6-12(4)8-18-9-13;1-2/h6-9,20,23H,5,10H2,1-4H3;1-2H2. The highest BCUT2D eigenvalue weighted by molar-refractivity contribution is 6.15. The highest BCUT2D eigenvalue weighted by atomic mass is 16.5. The minimum absolute atomic E-state index is 0.282. The van der Waals surface area contributed by atoms with Gasteiger partial charge < -0.3 is 5.32 Å². The van der Waals surface area contributed by atoms with Crippen molar-refractivity contribution in [2.75, 3.05) is 6.54 Å². The second-order valence-corrected chi connectivity index (χ2v) is 5.61. The first-order chi connectivity index (χ1) is 11.9. The van der Waals surface area contributed by atoms with Crippen molar-refractivity contribution in [1.82, 2.24) is 15.4 Å². The first-order valence-electron chi connectivity index (χ1n) is 8.05. The molecular formula is C19H26N4O2. The highest BCUT2D eigenvalue weighted by Crippen LogP contribution is 2.22. The Hall–Kier alpha value is -2.73. The number of pyridine rings is 1. The molecule has 134 valence electrons. The van der Waals surface area contributed by atoms with Crippen molar-refractivity contribution in [2.45, 2.75) is 34.2 Å². The fourth-order valence-electron chi connectivity index (χ4n) is 2.43. The molecule has 0 aromatic carbocycles. The van der Waals surface area contributed by atoms with Crippen LogP contribution in [0.15, 0.2) is 59.5 Å². The van der Waals surface area contributed by atoms with E-state index in [1.807, 2.05) is 33.8 Å². The zero-order valence-electron chi connectivity index (χ0n) is 15.3. The fraction of sp³-hybridized carbons (Fsp3) is 0.316. The molecule has 0 unspecified atom stereocenters. The van der Waals surface area contributed by atoms with Crippen LogP contribution in [-0.2, 0) is 11.3 Å². The molecule has 1 aromatic heterocycles. The van der Waals surface area contributed by atoms with Gasteiger partial charge in [0.25, 0.3) is 5.91 Å². The summed E-state index contributed by atoms with van der Waals surface area (Å²) in [7, 11) is 0. The number of aromatic nitrogens is 1. The van der Waals surface area contributed by atoms with Crippen LogP contribution in [0.5, 0.6) is 0 Å². The molecule has 0 fully saturated rings. The second kappa shape index (κ2) is 9.54. The number of aryl methyl sites for hydroxylation is 1. The van der Waals surface area contributed by atoms with Crippen molar-refractivity contribution in [3.8, 4) is 0 Å². The lowest BCUT2D eigenvalue weighted by Crippen LogP contribution is -2.41. The summed E-state index contributed by atoms with van der Waals surface area (Å²) in [6, 6.07) is 2.03. The molecule has 0 saturated carbocycles. The summed E-state index contributed by atoms with van der Waals surface area (Å²) >= 11 is 0. The molecule has 0 atom stereocenters. The Balaban J connectivity index is 0.00000151. The van der Waals surface area contributed by atoms with Gasteiger partial charge in [-0.1, -0.05) is 11.6 Å². The number of nitrogens with zero attached hydrogens (tertiary/aromatic N) is 3. The largest absolute Gasteiger partial charge is 0.380 e. The van der Waals surface area contributed by atoms with Gasteiger partial charge in [0.15, 0.2) is 5.84 Å². The molecule has 2 heterocycles. The molecule has 1 aromatic rings. The number of carbonyl (C=O) groups is 1. The molecular weight excluding hydrogens is 316 g/mol. The van der Waals surface area contributed by atoms with Crippen LogP contribution in [0.2, 0.25) is 0 Å². The Morgan fingerprint density at radius 3 is 2.60 bits per heavy atom. The van der Waals surface area contributed by atoms with Gasteiger partial charge in [0, 0.05) is 37.1 Å². The van der Waals surface area contributed by atoms with Crippen LogP contribution in [0.3, 0.4) is 0 Å².